The first-order valence-electron chi connectivity index (χ1n) is 7.81. The van der Waals surface area contributed by atoms with Crippen molar-refractivity contribution in [3.8, 4) is 0 Å². The van der Waals surface area contributed by atoms with Gasteiger partial charge < -0.3 is 14.3 Å². The lowest BCUT2D eigenvalue weighted by Gasteiger charge is -2.14. The second-order valence-corrected chi connectivity index (χ2v) is 5.99. The number of aromatic amines is 1. The summed E-state index contributed by atoms with van der Waals surface area (Å²) in [5.41, 5.74) is 0.0159. The molecule has 0 aliphatic carbocycles. The molecule has 0 spiro atoms. The molecule has 2 aromatic heterocycles. The van der Waals surface area contributed by atoms with E-state index in [1.54, 1.807) is 11.8 Å². The molecule has 0 saturated carbocycles. The van der Waals surface area contributed by atoms with Crippen molar-refractivity contribution in [1.82, 2.24) is 14.9 Å². The van der Waals surface area contributed by atoms with Crippen LogP contribution < -0.4 is 11.0 Å². The van der Waals surface area contributed by atoms with Crippen LogP contribution in [0.3, 0.4) is 0 Å². The maximum atomic E-state index is 12.4. The molecule has 0 atom stereocenters. The van der Waals surface area contributed by atoms with E-state index in [-0.39, 0.29) is 28.2 Å². The highest BCUT2D eigenvalue weighted by Crippen LogP contribution is 2.20. The van der Waals surface area contributed by atoms with Crippen molar-refractivity contribution in [3.05, 3.63) is 50.4 Å². The number of rotatable bonds is 1. The Morgan fingerprint density at radius 2 is 1.92 bits per heavy atom. The van der Waals surface area contributed by atoms with Crippen molar-refractivity contribution in [2.45, 2.75) is 19.8 Å². The first kappa shape index (κ1) is 14.6. The molecule has 3 heterocycles. The lowest BCUT2D eigenvalue weighted by Crippen LogP contribution is -2.28. The fourth-order valence-corrected chi connectivity index (χ4v) is 3.09. The quantitative estimate of drug-likeness (QED) is 0.685. The molecular formula is C17H15N3O4. The van der Waals surface area contributed by atoms with Gasteiger partial charge in [-0.15, -0.1) is 0 Å². The van der Waals surface area contributed by atoms with Crippen molar-refractivity contribution >= 4 is 27.8 Å². The van der Waals surface area contributed by atoms with Gasteiger partial charge in [-0.05, 0) is 31.9 Å². The largest absolute Gasteiger partial charge is 0.451 e. The van der Waals surface area contributed by atoms with Gasteiger partial charge in [-0.25, -0.2) is 4.98 Å². The number of nitrogens with zero attached hydrogens (tertiary/aromatic N) is 2. The number of aromatic nitrogens is 2. The lowest BCUT2D eigenvalue weighted by atomic mass is 10.1. The number of H-pyrrole nitrogens is 1. The molecule has 122 valence electrons. The first-order chi connectivity index (χ1) is 11.5. The van der Waals surface area contributed by atoms with Crippen molar-refractivity contribution in [3.63, 3.8) is 0 Å². The number of amides is 1. The number of hydrogen-bond acceptors (Lipinski definition) is 5. The SMILES string of the molecule is Cc1nc2cc3c(=O)cc(C(=O)N4CCCC4)oc3cc2c(=O)[nH]1. The zero-order valence-corrected chi connectivity index (χ0v) is 13.1. The van der Waals surface area contributed by atoms with Gasteiger partial charge in [0, 0.05) is 19.2 Å². The zero-order chi connectivity index (χ0) is 16.8. The molecule has 3 aromatic rings. The van der Waals surface area contributed by atoms with Gasteiger partial charge in [-0.3, -0.25) is 14.4 Å². The minimum absolute atomic E-state index is 0.00486. The standard InChI is InChI=1S/C17H15N3O4/c1-9-18-12-6-11-13(21)8-15(17(23)20-4-2-3-5-20)24-14(11)7-10(12)16(22)19-9/h6-8H,2-5H2,1H3,(H,18,19,22). The van der Waals surface area contributed by atoms with Crippen LogP contribution in [-0.4, -0.2) is 33.9 Å². The van der Waals surface area contributed by atoms with E-state index < -0.39 is 0 Å². The Morgan fingerprint density at radius 3 is 2.67 bits per heavy atom. The third-order valence-electron chi connectivity index (χ3n) is 4.28. The number of hydrogen-bond donors (Lipinski definition) is 1. The van der Waals surface area contributed by atoms with Crippen LogP contribution >= 0.6 is 0 Å². The van der Waals surface area contributed by atoms with E-state index in [4.69, 9.17) is 4.42 Å². The second-order valence-electron chi connectivity index (χ2n) is 5.99. The van der Waals surface area contributed by atoms with Crippen LogP contribution in [0.4, 0.5) is 0 Å². The molecule has 1 saturated heterocycles. The predicted octanol–water partition coefficient (Wildman–Crippen LogP) is 1.57. The summed E-state index contributed by atoms with van der Waals surface area (Å²) in [6.45, 7) is 3.01. The number of benzene rings is 1. The Hall–Kier alpha value is -2.96. The molecule has 1 aliphatic rings. The summed E-state index contributed by atoms with van der Waals surface area (Å²) in [6, 6.07) is 4.22. The average Bonchev–Trinajstić information content (AvgIpc) is 3.07. The molecule has 0 bridgehead atoms. The summed E-state index contributed by atoms with van der Waals surface area (Å²) in [7, 11) is 0. The fourth-order valence-electron chi connectivity index (χ4n) is 3.09. The first-order valence-corrected chi connectivity index (χ1v) is 7.81. The van der Waals surface area contributed by atoms with Crippen molar-refractivity contribution < 1.29 is 9.21 Å². The van der Waals surface area contributed by atoms with E-state index in [0.717, 1.165) is 12.8 Å². The van der Waals surface area contributed by atoms with Crippen LogP contribution in [0.1, 0.15) is 29.2 Å². The molecule has 1 aromatic carbocycles. The van der Waals surface area contributed by atoms with E-state index in [9.17, 15) is 14.4 Å². The van der Waals surface area contributed by atoms with E-state index in [2.05, 4.69) is 9.97 Å². The van der Waals surface area contributed by atoms with Gasteiger partial charge in [-0.2, -0.15) is 0 Å². The summed E-state index contributed by atoms with van der Waals surface area (Å²) >= 11 is 0. The van der Waals surface area contributed by atoms with Crippen LogP contribution in [0.25, 0.3) is 21.9 Å². The molecule has 7 nitrogen and oxygen atoms in total. The highest BCUT2D eigenvalue weighted by Gasteiger charge is 2.22. The average molecular weight is 325 g/mol. The molecule has 0 radical (unpaired) electrons. The van der Waals surface area contributed by atoms with Gasteiger partial charge in [0.25, 0.3) is 11.5 Å². The third-order valence-corrected chi connectivity index (χ3v) is 4.28. The number of nitrogens with one attached hydrogen (secondary N) is 1. The topological polar surface area (TPSA) is 96.3 Å². The monoisotopic (exact) mass is 325 g/mol. The van der Waals surface area contributed by atoms with Crippen molar-refractivity contribution in [2.75, 3.05) is 13.1 Å². The third kappa shape index (κ3) is 2.29. The molecule has 1 amide bonds. The Kier molecular flexibility index (Phi) is 3.23. The van der Waals surface area contributed by atoms with E-state index >= 15 is 0 Å². The Balaban J connectivity index is 1.94. The number of likely N-dealkylation sites (tertiary alicyclic amines) is 1. The minimum atomic E-state index is -0.319. The fraction of sp³-hybridized carbons (Fsp3) is 0.294. The highest BCUT2D eigenvalue weighted by atomic mass is 16.3. The summed E-state index contributed by atoms with van der Waals surface area (Å²) in [5.74, 6) is 0.185. The minimum Gasteiger partial charge on any atom is -0.451 e. The smallest absolute Gasteiger partial charge is 0.289 e. The van der Waals surface area contributed by atoms with Gasteiger partial charge in [0.2, 0.25) is 0 Å². The van der Waals surface area contributed by atoms with Gasteiger partial charge in [0.1, 0.15) is 11.4 Å². The molecular weight excluding hydrogens is 310 g/mol. The van der Waals surface area contributed by atoms with E-state index in [1.807, 2.05) is 0 Å². The molecule has 7 heteroatoms. The Labute approximate surface area is 135 Å². The summed E-state index contributed by atoms with van der Waals surface area (Å²) in [6.07, 6.45) is 1.91. The lowest BCUT2D eigenvalue weighted by molar-refractivity contribution is 0.0762. The number of carbonyl (C=O) groups excluding carboxylic acids is 1. The zero-order valence-electron chi connectivity index (χ0n) is 13.1. The van der Waals surface area contributed by atoms with Gasteiger partial charge >= 0.3 is 0 Å². The van der Waals surface area contributed by atoms with E-state index in [1.165, 1.54) is 18.2 Å². The van der Waals surface area contributed by atoms with Crippen LogP contribution in [0.5, 0.6) is 0 Å². The summed E-state index contributed by atoms with van der Waals surface area (Å²) < 4.78 is 5.64. The molecule has 24 heavy (non-hydrogen) atoms. The number of carbonyl (C=O) groups is 1. The highest BCUT2D eigenvalue weighted by molar-refractivity contribution is 5.96. The van der Waals surface area contributed by atoms with Crippen molar-refractivity contribution in [2.24, 2.45) is 0 Å². The summed E-state index contributed by atoms with van der Waals surface area (Å²) in [5, 5.41) is 0.625. The predicted molar refractivity (Wildman–Crippen MR) is 88.3 cm³/mol. The van der Waals surface area contributed by atoms with Gasteiger partial charge in [0.05, 0.1) is 16.3 Å². The van der Waals surface area contributed by atoms with Crippen LogP contribution in [0.2, 0.25) is 0 Å². The van der Waals surface area contributed by atoms with Gasteiger partial charge in [-0.1, -0.05) is 0 Å². The number of aryl methyl sites for hydroxylation is 1. The van der Waals surface area contributed by atoms with Crippen molar-refractivity contribution in [1.29, 1.82) is 0 Å². The summed E-state index contributed by atoms with van der Waals surface area (Å²) in [4.78, 5) is 45.4. The Morgan fingerprint density at radius 1 is 1.17 bits per heavy atom. The van der Waals surface area contributed by atoms with Crippen LogP contribution in [0.15, 0.2) is 32.2 Å². The molecule has 1 aliphatic heterocycles. The van der Waals surface area contributed by atoms with Gasteiger partial charge in [0.15, 0.2) is 11.2 Å². The maximum Gasteiger partial charge on any atom is 0.289 e. The molecule has 1 N–H and O–H groups in total. The molecule has 4 rings (SSSR count). The van der Waals surface area contributed by atoms with E-state index in [0.29, 0.717) is 35.2 Å². The molecule has 0 unspecified atom stereocenters. The normalized spacial score (nSPS) is 14.6. The van der Waals surface area contributed by atoms with Crippen LogP contribution in [-0.2, 0) is 0 Å². The second kappa shape index (κ2) is 5.30. The maximum absolute atomic E-state index is 12.4. The Bertz CT molecular complexity index is 1090. The number of fused-ring (bicyclic) bond motifs is 2. The molecule has 1 fully saturated rings. The van der Waals surface area contributed by atoms with Crippen LogP contribution in [0, 0.1) is 6.92 Å².